The molecule has 2 aromatic heterocycles. The lowest BCUT2D eigenvalue weighted by molar-refractivity contribution is 0.445. The van der Waals surface area contributed by atoms with Crippen LogP contribution >= 0.6 is 0 Å². The second-order valence-electron chi connectivity index (χ2n) is 26.4. The van der Waals surface area contributed by atoms with Crippen molar-refractivity contribution in [3.8, 4) is 22.3 Å². The molecule has 4 heteroatoms. The Hall–Kier alpha value is -9.12. The van der Waals surface area contributed by atoms with Crippen LogP contribution in [0.25, 0.3) is 98.4 Å². The van der Waals surface area contributed by atoms with Crippen LogP contribution in [-0.2, 0) is 0 Å². The first-order valence-corrected chi connectivity index (χ1v) is 32.8. The van der Waals surface area contributed by atoms with Crippen molar-refractivity contribution in [2.45, 2.75) is 129 Å². The molecule has 4 nitrogen and oxygen atoms in total. The highest BCUT2D eigenvalue weighted by Gasteiger charge is 2.32. The lowest BCUT2D eigenvalue weighted by Gasteiger charge is -2.33. The largest absolute Gasteiger partial charge is 0.453 e. The van der Waals surface area contributed by atoms with Gasteiger partial charge in [-0.25, -0.2) is 0 Å². The number of nitrogens with zero attached hydrogens (tertiary/aromatic N) is 2. The number of furan rings is 2. The van der Waals surface area contributed by atoms with E-state index in [9.17, 15) is 0 Å². The van der Waals surface area contributed by atoms with Crippen molar-refractivity contribution < 1.29 is 8.83 Å². The Balaban J connectivity index is 0.999. The molecule has 2 heterocycles. The van der Waals surface area contributed by atoms with E-state index in [1.54, 1.807) is 0 Å². The van der Waals surface area contributed by atoms with Gasteiger partial charge in [-0.15, -0.1) is 0 Å². The number of rotatable bonds is 12. The van der Waals surface area contributed by atoms with E-state index in [-0.39, 0.29) is 0 Å². The van der Waals surface area contributed by atoms with Crippen molar-refractivity contribution in [3.05, 3.63) is 240 Å². The van der Waals surface area contributed by atoms with Crippen LogP contribution in [0.2, 0.25) is 0 Å². The third-order valence-electron chi connectivity index (χ3n) is 20.2. The minimum Gasteiger partial charge on any atom is -0.453 e. The van der Waals surface area contributed by atoms with E-state index >= 15 is 0 Å². The molecule has 88 heavy (non-hydrogen) atoms. The molecule has 0 spiro atoms. The summed E-state index contributed by atoms with van der Waals surface area (Å²) in [6.45, 7) is 13.6. The molecule has 0 unspecified atom stereocenters. The zero-order chi connectivity index (χ0) is 59.3. The Morgan fingerprint density at radius 1 is 0.318 bits per heavy atom. The van der Waals surface area contributed by atoms with Gasteiger partial charge in [0.2, 0.25) is 0 Å². The van der Waals surface area contributed by atoms with Gasteiger partial charge in [0, 0.05) is 54.8 Å². The van der Waals surface area contributed by atoms with Crippen LogP contribution in [0.5, 0.6) is 0 Å². The van der Waals surface area contributed by atoms with Crippen molar-refractivity contribution in [2.75, 3.05) is 9.80 Å². The molecule has 0 saturated heterocycles. The van der Waals surface area contributed by atoms with E-state index in [1.807, 2.05) is 0 Å². The second kappa shape index (κ2) is 21.9. The van der Waals surface area contributed by atoms with Crippen LogP contribution < -0.4 is 9.80 Å². The number of benzene rings is 12. The minimum absolute atomic E-state index is 0.356. The summed E-state index contributed by atoms with van der Waals surface area (Å²) < 4.78 is 15.0. The first kappa shape index (κ1) is 54.3. The van der Waals surface area contributed by atoms with Crippen molar-refractivity contribution in [3.63, 3.8) is 0 Å². The summed E-state index contributed by atoms with van der Waals surface area (Å²) in [4.78, 5) is 5.13. The Labute approximate surface area is 517 Å². The van der Waals surface area contributed by atoms with E-state index < -0.39 is 0 Å². The molecule has 0 radical (unpaired) electrons. The molecule has 2 fully saturated rings. The summed E-state index contributed by atoms with van der Waals surface area (Å²) in [6.07, 6.45) is 12.3. The van der Waals surface area contributed by atoms with Crippen LogP contribution in [0.4, 0.5) is 34.1 Å². The van der Waals surface area contributed by atoms with E-state index in [1.165, 1.54) is 152 Å². The van der Waals surface area contributed by atoms with Crippen molar-refractivity contribution in [1.29, 1.82) is 0 Å². The molecule has 0 amide bonds. The average molecular weight is 1150 g/mol. The van der Waals surface area contributed by atoms with Crippen LogP contribution in [0.1, 0.15) is 149 Å². The molecule has 434 valence electrons. The van der Waals surface area contributed by atoms with Gasteiger partial charge in [0.1, 0.15) is 11.2 Å². The number of para-hydroxylation sites is 4. The molecule has 16 rings (SSSR count). The van der Waals surface area contributed by atoms with Gasteiger partial charge >= 0.3 is 0 Å². The normalized spacial score (nSPS) is 14.6. The SMILES string of the molecule is Cc1cccc(N(c2cc(C3CCCCC3)c3ccc4c(N(c5cccc(C)c5)c5cccc6c5oc5c(-c7ccccc7C(C)C)cccc56)cc(C5CCCCC5)c5ccc2c3c54)c2cccc3c2oc2c(-c4ccccc4C(C)C)cccc23)c1. The minimum atomic E-state index is 0.356. The highest BCUT2D eigenvalue weighted by atomic mass is 16.3. The quantitative estimate of drug-likeness (QED) is 0.114. The Kier molecular flexibility index (Phi) is 13.5. The monoisotopic (exact) mass is 1140 g/mol. The molecule has 2 aliphatic rings. The van der Waals surface area contributed by atoms with Crippen molar-refractivity contribution >= 4 is 110 Å². The highest BCUT2D eigenvalue weighted by Crippen LogP contribution is 2.55. The maximum atomic E-state index is 7.49. The molecule has 0 N–H and O–H groups in total. The highest BCUT2D eigenvalue weighted by molar-refractivity contribution is 6.30. The molecule has 0 bridgehead atoms. The fourth-order valence-electron chi connectivity index (χ4n) is 16.1. The second-order valence-corrected chi connectivity index (χ2v) is 26.4. The molecule has 2 aliphatic carbocycles. The van der Waals surface area contributed by atoms with E-state index in [0.29, 0.717) is 23.7 Å². The van der Waals surface area contributed by atoms with Gasteiger partial charge in [-0.05, 0) is 178 Å². The van der Waals surface area contributed by atoms with Crippen molar-refractivity contribution in [1.82, 2.24) is 0 Å². The third-order valence-corrected chi connectivity index (χ3v) is 20.2. The fraction of sp³-hybridized carbons (Fsp3) is 0.238. The van der Waals surface area contributed by atoms with Crippen LogP contribution in [-0.4, -0.2) is 0 Å². The van der Waals surface area contributed by atoms with Crippen LogP contribution in [0.3, 0.4) is 0 Å². The lowest BCUT2D eigenvalue weighted by Crippen LogP contribution is -2.15. The predicted molar refractivity (Wildman–Crippen MR) is 374 cm³/mol. The zero-order valence-corrected chi connectivity index (χ0v) is 51.7. The topological polar surface area (TPSA) is 32.8 Å². The Bertz CT molecular complexity index is 4690. The molecule has 0 aliphatic heterocycles. The summed E-state index contributed by atoms with van der Waals surface area (Å²) in [5, 5.41) is 12.5. The summed E-state index contributed by atoms with van der Waals surface area (Å²) in [5.74, 6) is 1.56. The average Bonchev–Trinajstić information content (AvgIpc) is 0.800. The first-order chi connectivity index (χ1) is 43.2. The number of hydrogen-bond donors (Lipinski definition) is 0. The molecule has 2 saturated carbocycles. The van der Waals surface area contributed by atoms with E-state index in [0.717, 1.165) is 77.8 Å². The van der Waals surface area contributed by atoms with E-state index in [4.69, 9.17) is 8.83 Å². The van der Waals surface area contributed by atoms with Gasteiger partial charge in [-0.3, -0.25) is 0 Å². The molecular weight excluding hydrogens is 1070 g/mol. The Morgan fingerprint density at radius 3 is 1.09 bits per heavy atom. The number of aryl methyl sites for hydroxylation is 2. The number of fused-ring (bicyclic) bond motifs is 6. The zero-order valence-electron chi connectivity index (χ0n) is 51.7. The van der Waals surface area contributed by atoms with Crippen molar-refractivity contribution in [2.24, 2.45) is 0 Å². The summed E-state index contributed by atoms with van der Waals surface area (Å²) in [6, 6.07) is 78.3. The van der Waals surface area contributed by atoms with Gasteiger partial charge < -0.3 is 18.6 Å². The Morgan fingerprint density at radius 2 is 0.682 bits per heavy atom. The third kappa shape index (κ3) is 8.91. The van der Waals surface area contributed by atoms with Gasteiger partial charge in [-0.1, -0.05) is 224 Å². The summed E-state index contributed by atoms with van der Waals surface area (Å²) >= 11 is 0. The molecule has 14 aromatic rings. The smallest absolute Gasteiger partial charge is 0.159 e. The lowest BCUT2D eigenvalue weighted by atomic mass is 9.77. The van der Waals surface area contributed by atoms with E-state index in [2.05, 4.69) is 258 Å². The maximum Gasteiger partial charge on any atom is 0.159 e. The standard InChI is InChI=1S/C84H76N2O2/c1-51(2)59-31-13-15-33-61(59)65-35-19-37-67-69-39-21-41-75(83(69)87-81(65)67)85(57-29-17-23-53(5)47-57)77-49-73(55-25-9-7-10-26-55)63-44-46-72-78(50-74(56-27-11-8-12-28-56)64-43-45-71(77)79(63)80(64)72)86(58-30-18-24-54(6)48-58)76-42-22-40-70-68-38-20-36-66(82(68)88-84(70)76)62-34-16-14-32-60(62)52(3)4/h13-24,29-52,55-56H,7-12,25-28H2,1-6H3. The number of hydrogen-bond acceptors (Lipinski definition) is 4. The van der Waals surface area contributed by atoms with Gasteiger partial charge in [0.05, 0.1) is 22.7 Å². The van der Waals surface area contributed by atoms with Crippen LogP contribution in [0.15, 0.2) is 215 Å². The first-order valence-electron chi connectivity index (χ1n) is 32.8. The molecule has 12 aromatic carbocycles. The van der Waals surface area contributed by atoms with Gasteiger partial charge in [0.25, 0.3) is 0 Å². The summed E-state index contributed by atoms with van der Waals surface area (Å²) in [7, 11) is 0. The van der Waals surface area contributed by atoms with Gasteiger partial charge in [-0.2, -0.15) is 0 Å². The fourth-order valence-corrected chi connectivity index (χ4v) is 16.1. The maximum absolute atomic E-state index is 7.49. The molecule has 0 atom stereocenters. The molecular formula is C84H76N2O2. The van der Waals surface area contributed by atoms with Gasteiger partial charge in [0.15, 0.2) is 11.2 Å². The van der Waals surface area contributed by atoms with Crippen LogP contribution in [0, 0.1) is 13.8 Å². The predicted octanol–water partition coefficient (Wildman–Crippen LogP) is 25.6. The number of anilines is 6. The summed E-state index contributed by atoms with van der Waals surface area (Å²) in [5.41, 5.74) is 23.0.